The predicted molar refractivity (Wildman–Crippen MR) is 137 cm³/mol. The van der Waals surface area contributed by atoms with Crippen LogP contribution in [-0.2, 0) is 0 Å². The zero-order chi connectivity index (χ0) is 24.8. The number of fused-ring (bicyclic) bond motifs is 1. The van der Waals surface area contributed by atoms with E-state index in [1.807, 2.05) is 48.6 Å². The maximum atomic E-state index is 12.9. The first kappa shape index (κ1) is 23.6. The van der Waals surface area contributed by atoms with Crippen molar-refractivity contribution >= 4 is 35.0 Å². The molecule has 0 aliphatic heterocycles. The number of carbonyl (C=O) groups is 1. The van der Waals surface area contributed by atoms with E-state index < -0.39 is 11.4 Å². The fourth-order valence-electron chi connectivity index (χ4n) is 3.61. The number of hydrogen-bond donors (Lipinski definition) is 0. The molecule has 0 fully saturated rings. The lowest BCUT2D eigenvalue weighted by Gasteiger charge is -2.11. The van der Waals surface area contributed by atoms with E-state index in [1.54, 1.807) is 57.7 Å². The first-order valence-corrected chi connectivity index (χ1v) is 10.9. The third-order valence-electron chi connectivity index (χ3n) is 5.48. The zero-order valence-electron chi connectivity index (χ0n) is 19.6. The molecule has 35 heavy (non-hydrogen) atoms. The van der Waals surface area contributed by atoms with Crippen molar-refractivity contribution in [1.29, 1.82) is 0 Å². The van der Waals surface area contributed by atoms with Crippen LogP contribution in [0.4, 0.5) is 0 Å². The van der Waals surface area contributed by atoms with Gasteiger partial charge in [-0.15, -0.1) is 0 Å². The summed E-state index contributed by atoms with van der Waals surface area (Å²) in [6.45, 7) is 0. The molecule has 0 radical (unpaired) electrons. The van der Waals surface area contributed by atoms with E-state index in [1.165, 1.54) is 6.08 Å². The Hall–Kier alpha value is -4.58. The van der Waals surface area contributed by atoms with Gasteiger partial charge in [0.1, 0.15) is 28.4 Å². The Bertz CT molecular complexity index is 1480. The molecule has 0 saturated heterocycles. The van der Waals surface area contributed by atoms with Gasteiger partial charge in [-0.05, 0) is 53.6 Å². The third kappa shape index (κ3) is 5.33. The molecule has 1 heterocycles. The molecule has 6 nitrogen and oxygen atoms in total. The van der Waals surface area contributed by atoms with Crippen LogP contribution in [0.3, 0.4) is 0 Å². The van der Waals surface area contributed by atoms with Gasteiger partial charge in [-0.2, -0.15) is 0 Å². The van der Waals surface area contributed by atoms with Gasteiger partial charge in [0, 0.05) is 17.0 Å². The minimum atomic E-state index is -0.681. The minimum Gasteiger partial charge on any atom is -0.497 e. The molecule has 0 saturated carbocycles. The highest BCUT2D eigenvalue weighted by atomic mass is 16.5. The Kier molecular flexibility index (Phi) is 7.12. The van der Waals surface area contributed by atoms with Crippen LogP contribution >= 0.6 is 0 Å². The van der Waals surface area contributed by atoms with E-state index in [0.717, 1.165) is 16.9 Å². The van der Waals surface area contributed by atoms with Crippen LogP contribution in [0.15, 0.2) is 82.0 Å². The fourth-order valence-corrected chi connectivity index (χ4v) is 3.61. The van der Waals surface area contributed by atoms with Crippen molar-refractivity contribution in [3.8, 4) is 17.2 Å². The van der Waals surface area contributed by atoms with E-state index in [-0.39, 0.29) is 5.56 Å². The lowest BCUT2D eigenvalue weighted by molar-refractivity contribution is 0.104. The summed E-state index contributed by atoms with van der Waals surface area (Å²) in [5, 5.41) is 0.675. The molecule has 4 rings (SSSR count). The van der Waals surface area contributed by atoms with Crippen LogP contribution in [0, 0.1) is 0 Å². The van der Waals surface area contributed by atoms with Crippen molar-refractivity contribution in [2.24, 2.45) is 0 Å². The van der Waals surface area contributed by atoms with Gasteiger partial charge < -0.3 is 18.6 Å². The Morgan fingerprint density at radius 1 is 0.800 bits per heavy atom. The molecule has 3 aromatic carbocycles. The highest BCUT2D eigenvalue weighted by Gasteiger charge is 2.13. The summed E-state index contributed by atoms with van der Waals surface area (Å²) in [5.41, 5.74) is 2.11. The summed E-state index contributed by atoms with van der Waals surface area (Å²) < 4.78 is 21.5. The predicted octanol–water partition coefficient (Wildman–Crippen LogP) is 5.89. The topological polar surface area (TPSA) is 75.0 Å². The number of ether oxygens (including phenoxy) is 3. The molecular formula is C29H24O6. The van der Waals surface area contributed by atoms with Crippen molar-refractivity contribution < 1.29 is 23.4 Å². The number of benzene rings is 3. The molecule has 176 valence electrons. The SMILES string of the molecule is COc1ccc(/C=C/c2cc(OC)cc(OC)c2/C=C/C(=O)c2cc3ccccc3oc2=O)cc1. The first-order valence-electron chi connectivity index (χ1n) is 10.9. The van der Waals surface area contributed by atoms with Crippen molar-refractivity contribution in [2.45, 2.75) is 0 Å². The standard InChI is InChI=1S/C29H24O6/c1-32-22-12-9-19(10-13-22)8-11-20-16-23(33-2)18-28(34-3)24(20)14-15-26(30)25-17-21-6-4-5-7-27(21)35-29(25)31/h4-18H,1-3H3/b11-8+,15-14+. The van der Waals surface area contributed by atoms with Gasteiger partial charge in [0.05, 0.1) is 21.3 Å². The molecule has 0 amide bonds. The maximum Gasteiger partial charge on any atom is 0.347 e. The second-order valence-electron chi connectivity index (χ2n) is 7.62. The monoisotopic (exact) mass is 468 g/mol. The van der Waals surface area contributed by atoms with Crippen LogP contribution in [0.2, 0.25) is 0 Å². The third-order valence-corrected chi connectivity index (χ3v) is 5.48. The van der Waals surface area contributed by atoms with Crippen LogP contribution in [0.25, 0.3) is 29.2 Å². The normalized spacial score (nSPS) is 11.3. The largest absolute Gasteiger partial charge is 0.497 e. The summed E-state index contributed by atoms with van der Waals surface area (Å²) in [5.74, 6) is 1.43. The molecule has 0 spiro atoms. The van der Waals surface area contributed by atoms with E-state index >= 15 is 0 Å². The number of allylic oxidation sites excluding steroid dienone is 1. The smallest absolute Gasteiger partial charge is 0.347 e. The van der Waals surface area contributed by atoms with Crippen molar-refractivity contribution in [1.82, 2.24) is 0 Å². The van der Waals surface area contributed by atoms with Gasteiger partial charge >= 0.3 is 5.63 Å². The Morgan fingerprint density at radius 2 is 1.54 bits per heavy atom. The molecular weight excluding hydrogens is 444 g/mol. The summed E-state index contributed by atoms with van der Waals surface area (Å²) in [7, 11) is 4.74. The molecule has 4 aromatic rings. The highest BCUT2D eigenvalue weighted by Crippen LogP contribution is 2.31. The van der Waals surface area contributed by atoms with Gasteiger partial charge in [0.15, 0.2) is 5.78 Å². The summed E-state index contributed by atoms with van der Waals surface area (Å²) in [6.07, 6.45) is 6.81. The molecule has 0 atom stereocenters. The minimum absolute atomic E-state index is 0.0391. The van der Waals surface area contributed by atoms with E-state index in [0.29, 0.717) is 28.0 Å². The van der Waals surface area contributed by atoms with Crippen LogP contribution in [0.1, 0.15) is 27.0 Å². The van der Waals surface area contributed by atoms with Gasteiger partial charge in [-0.3, -0.25) is 4.79 Å². The highest BCUT2D eigenvalue weighted by molar-refractivity contribution is 6.08. The van der Waals surface area contributed by atoms with Gasteiger partial charge in [-0.25, -0.2) is 4.79 Å². The van der Waals surface area contributed by atoms with Gasteiger partial charge in [-0.1, -0.05) is 42.5 Å². The van der Waals surface area contributed by atoms with Crippen LogP contribution in [-0.4, -0.2) is 27.1 Å². The number of ketones is 1. The molecule has 6 heteroatoms. The van der Waals surface area contributed by atoms with Crippen molar-refractivity contribution in [3.05, 3.63) is 105 Å². The molecule has 0 aliphatic carbocycles. The molecule has 1 aromatic heterocycles. The second-order valence-corrected chi connectivity index (χ2v) is 7.62. The number of para-hydroxylation sites is 1. The van der Waals surface area contributed by atoms with Crippen molar-refractivity contribution in [3.63, 3.8) is 0 Å². The first-order chi connectivity index (χ1) is 17.0. The lowest BCUT2D eigenvalue weighted by Crippen LogP contribution is -2.11. The van der Waals surface area contributed by atoms with E-state index in [9.17, 15) is 9.59 Å². The van der Waals surface area contributed by atoms with Gasteiger partial charge in [0.25, 0.3) is 0 Å². The van der Waals surface area contributed by atoms with Crippen LogP contribution in [0.5, 0.6) is 17.2 Å². The number of rotatable bonds is 8. The summed E-state index contributed by atoms with van der Waals surface area (Å²) >= 11 is 0. The molecule has 0 aliphatic rings. The summed E-state index contributed by atoms with van der Waals surface area (Å²) in [4.78, 5) is 25.3. The maximum absolute atomic E-state index is 12.9. The van der Waals surface area contributed by atoms with Gasteiger partial charge in [0.2, 0.25) is 0 Å². The lowest BCUT2D eigenvalue weighted by atomic mass is 10.0. The van der Waals surface area contributed by atoms with Crippen molar-refractivity contribution in [2.75, 3.05) is 21.3 Å². The van der Waals surface area contributed by atoms with E-state index in [2.05, 4.69) is 0 Å². The number of methoxy groups -OCH3 is 3. The zero-order valence-corrected chi connectivity index (χ0v) is 19.6. The second kappa shape index (κ2) is 10.6. The Balaban J connectivity index is 1.71. The average Bonchev–Trinajstić information content (AvgIpc) is 2.90. The average molecular weight is 469 g/mol. The number of hydrogen-bond acceptors (Lipinski definition) is 6. The van der Waals surface area contributed by atoms with E-state index in [4.69, 9.17) is 18.6 Å². The molecule has 0 bridgehead atoms. The Morgan fingerprint density at radius 3 is 2.26 bits per heavy atom. The molecule has 0 N–H and O–H groups in total. The molecule has 0 unspecified atom stereocenters. The van der Waals surface area contributed by atoms with Crippen LogP contribution < -0.4 is 19.8 Å². The Labute approximate surface area is 202 Å². The quantitative estimate of drug-likeness (QED) is 0.139. The fraction of sp³-hybridized carbons (Fsp3) is 0.103. The summed E-state index contributed by atoms with van der Waals surface area (Å²) in [6, 6.07) is 19.8. The number of carbonyl (C=O) groups excluding carboxylic acids is 1.